The Morgan fingerprint density at radius 3 is 2.47 bits per heavy atom. The standard InChI is InChI=1S/C11H12O5S/c1-15-9-5-3-4-6-10(9)17(13,14)8-7-11(12)16-2/h3-8H,1-2H3/b8-7+. The summed E-state index contributed by atoms with van der Waals surface area (Å²) in [6.45, 7) is 0. The van der Waals surface area contributed by atoms with Gasteiger partial charge in [0, 0.05) is 11.5 Å². The number of methoxy groups -OCH3 is 2. The van der Waals surface area contributed by atoms with Crippen LogP contribution in [0.3, 0.4) is 0 Å². The number of carbonyl (C=O) groups is 1. The normalized spacial score (nSPS) is 11.4. The second-order valence-electron chi connectivity index (χ2n) is 3.02. The molecule has 92 valence electrons. The Balaban J connectivity index is 3.14. The second-order valence-corrected chi connectivity index (χ2v) is 4.82. The van der Waals surface area contributed by atoms with E-state index in [1.807, 2.05) is 0 Å². The monoisotopic (exact) mass is 256 g/mol. The molecule has 0 aliphatic heterocycles. The van der Waals surface area contributed by atoms with E-state index in [1.54, 1.807) is 12.1 Å². The summed E-state index contributed by atoms with van der Waals surface area (Å²) in [5.74, 6) is -0.509. The predicted octanol–water partition coefficient (Wildman–Crippen LogP) is 1.16. The minimum Gasteiger partial charge on any atom is -0.495 e. The predicted molar refractivity (Wildman–Crippen MR) is 61.3 cm³/mol. The van der Waals surface area contributed by atoms with Crippen LogP contribution < -0.4 is 4.74 Å². The smallest absolute Gasteiger partial charge is 0.331 e. The number of para-hydroxylation sites is 1. The zero-order chi connectivity index (χ0) is 12.9. The first-order chi connectivity index (χ1) is 8.01. The number of rotatable bonds is 4. The third kappa shape index (κ3) is 3.32. The minimum atomic E-state index is -3.71. The highest BCUT2D eigenvalue weighted by molar-refractivity contribution is 7.94. The van der Waals surface area contributed by atoms with Gasteiger partial charge in [-0.2, -0.15) is 0 Å². The molecule has 1 rings (SSSR count). The van der Waals surface area contributed by atoms with E-state index in [-0.39, 0.29) is 10.6 Å². The van der Waals surface area contributed by atoms with Gasteiger partial charge in [-0.25, -0.2) is 13.2 Å². The first-order valence-corrected chi connectivity index (χ1v) is 6.20. The third-order valence-corrected chi connectivity index (χ3v) is 3.40. The van der Waals surface area contributed by atoms with Crippen molar-refractivity contribution in [1.82, 2.24) is 0 Å². The SMILES string of the molecule is COC(=O)/C=C/S(=O)(=O)c1ccccc1OC. The molecule has 17 heavy (non-hydrogen) atoms. The quantitative estimate of drug-likeness (QED) is 0.597. The molecule has 0 unspecified atom stereocenters. The van der Waals surface area contributed by atoms with Gasteiger partial charge in [0.05, 0.1) is 14.2 Å². The fourth-order valence-corrected chi connectivity index (χ4v) is 2.28. The lowest BCUT2D eigenvalue weighted by molar-refractivity contribution is -0.134. The molecule has 0 N–H and O–H groups in total. The van der Waals surface area contributed by atoms with Gasteiger partial charge in [0.15, 0.2) is 0 Å². The molecule has 1 aromatic carbocycles. The van der Waals surface area contributed by atoms with Crippen molar-refractivity contribution in [2.75, 3.05) is 14.2 Å². The van der Waals surface area contributed by atoms with Crippen LogP contribution in [-0.2, 0) is 19.4 Å². The maximum absolute atomic E-state index is 11.9. The van der Waals surface area contributed by atoms with Crippen molar-refractivity contribution in [3.8, 4) is 5.75 Å². The van der Waals surface area contributed by atoms with Crippen LogP contribution in [-0.4, -0.2) is 28.6 Å². The molecule has 0 bridgehead atoms. The number of sulfone groups is 1. The lowest BCUT2D eigenvalue weighted by Gasteiger charge is -2.05. The van der Waals surface area contributed by atoms with Gasteiger partial charge in [0.2, 0.25) is 9.84 Å². The molecule has 6 heteroatoms. The Kier molecular flexibility index (Phi) is 4.28. The maximum atomic E-state index is 11.9. The Bertz CT molecular complexity index is 531. The highest BCUT2D eigenvalue weighted by Crippen LogP contribution is 2.24. The molecule has 1 aromatic rings. The number of hydrogen-bond acceptors (Lipinski definition) is 5. The van der Waals surface area contributed by atoms with Crippen molar-refractivity contribution in [3.63, 3.8) is 0 Å². The Labute approximate surface area is 99.6 Å². The molecule has 0 aliphatic carbocycles. The fourth-order valence-electron chi connectivity index (χ4n) is 1.14. The van der Waals surface area contributed by atoms with E-state index in [9.17, 15) is 13.2 Å². The Hall–Kier alpha value is -1.82. The topological polar surface area (TPSA) is 69.7 Å². The van der Waals surface area contributed by atoms with Crippen molar-refractivity contribution in [2.45, 2.75) is 4.90 Å². The van der Waals surface area contributed by atoms with Gasteiger partial charge in [-0.05, 0) is 12.1 Å². The van der Waals surface area contributed by atoms with Crippen molar-refractivity contribution < 1.29 is 22.7 Å². The summed E-state index contributed by atoms with van der Waals surface area (Å²) in [4.78, 5) is 10.8. The number of hydrogen-bond donors (Lipinski definition) is 0. The van der Waals surface area contributed by atoms with Crippen LogP contribution in [0.5, 0.6) is 5.75 Å². The molecule has 0 amide bonds. The summed E-state index contributed by atoms with van der Waals surface area (Å²) in [5, 5.41) is 0.788. The van der Waals surface area contributed by atoms with Crippen LogP contribution in [0.15, 0.2) is 40.6 Å². The van der Waals surface area contributed by atoms with Gasteiger partial charge in [-0.15, -0.1) is 0 Å². The fraction of sp³-hybridized carbons (Fsp3) is 0.182. The molecule has 0 saturated carbocycles. The number of benzene rings is 1. The summed E-state index contributed by atoms with van der Waals surface area (Å²) < 4.78 is 33.0. The highest BCUT2D eigenvalue weighted by atomic mass is 32.2. The van der Waals surface area contributed by atoms with E-state index >= 15 is 0 Å². The van der Waals surface area contributed by atoms with Crippen LogP contribution >= 0.6 is 0 Å². The van der Waals surface area contributed by atoms with E-state index in [4.69, 9.17) is 4.74 Å². The average Bonchev–Trinajstić information content (AvgIpc) is 2.35. The molecule has 0 heterocycles. The molecule has 0 aromatic heterocycles. The van der Waals surface area contributed by atoms with E-state index < -0.39 is 15.8 Å². The largest absolute Gasteiger partial charge is 0.495 e. The van der Waals surface area contributed by atoms with Gasteiger partial charge in [-0.3, -0.25) is 0 Å². The zero-order valence-electron chi connectivity index (χ0n) is 9.41. The number of carbonyl (C=O) groups excluding carboxylic acids is 1. The van der Waals surface area contributed by atoms with Crippen LogP contribution in [0.2, 0.25) is 0 Å². The van der Waals surface area contributed by atoms with E-state index in [2.05, 4.69) is 4.74 Å². The molecule has 0 radical (unpaired) electrons. The molecule has 0 fully saturated rings. The maximum Gasteiger partial charge on any atom is 0.331 e. The second kappa shape index (κ2) is 5.49. The molecule has 0 saturated heterocycles. The summed E-state index contributed by atoms with van der Waals surface area (Å²) in [6.07, 6.45) is 0.849. The Morgan fingerprint density at radius 2 is 1.88 bits per heavy atom. The summed E-state index contributed by atoms with van der Waals surface area (Å²) in [6, 6.07) is 6.15. The van der Waals surface area contributed by atoms with Crippen LogP contribution in [0.4, 0.5) is 0 Å². The first-order valence-electron chi connectivity index (χ1n) is 4.65. The van der Waals surface area contributed by atoms with Crippen LogP contribution in [0, 0.1) is 0 Å². The van der Waals surface area contributed by atoms with Crippen molar-refractivity contribution >= 4 is 15.8 Å². The van der Waals surface area contributed by atoms with E-state index in [1.165, 1.54) is 26.4 Å². The van der Waals surface area contributed by atoms with E-state index in [0.29, 0.717) is 0 Å². The molecule has 0 spiro atoms. The molecule has 0 atom stereocenters. The number of ether oxygens (including phenoxy) is 2. The highest BCUT2D eigenvalue weighted by Gasteiger charge is 2.16. The van der Waals surface area contributed by atoms with Gasteiger partial charge >= 0.3 is 5.97 Å². The third-order valence-electron chi connectivity index (χ3n) is 1.96. The lowest BCUT2D eigenvalue weighted by Crippen LogP contribution is -2.02. The van der Waals surface area contributed by atoms with E-state index in [0.717, 1.165) is 11.5 Å². The van der Waals surface area contributed by atoms with Gasteiger partial charge in [-0.1, -0.05) is 12.1 Å². The van der Waals surface area contributed by atoms with Gasteiger partial charge in [0.25, 0.3) is 0 Å². The molecule has 0 aliphatic rings. The average molecular weight is 256 g/mol. The van der Waals surface area contributed by atoms with Crippen molar-refractivity contribution in [3.05, 3.63) is 35.7 Å². The lowest BCUT2D eigenvalue weighted by atomic mass is 10.3. The summed E-state index contributed by atoms with van der Waals surface area (Å²) in [7, 11) is -1.17. The first kappa shape index (κ1) is 13.2. The number of esters is 1. The zero-order valence-corrected chi connectivity index (χ0v) is 10.2. The van der Waals surface area contributed by atoms with Crippen LogP contribution in [0.1, 0.15) is 0 Å². The van der Waals surface area contributed by atoms with Gasteiger partial charge in [0.1, 0.15) is 10.6 Å². The van der Waals surface area contributed by atoms with Crippen molar-refractivity contribution in [2.24, 2.45) is 0 Å². The van der Waals surface area contributed by atoms with Crippen molar-refractivity contribution in [1.29, 1.82) is 0 Å². The Morgan fingerprint density at radius 1 is 1.24 bits per heavy atom. The summed E-state index contributed by atoms with van der Waals surface area (Å²) >= 11 is 0. The van der Waals surface area contributed by atoms with Gasteiger partial charge < -0.3 is 9.47 Å². The minimum absolute atomic E-state index is 0.00246. The molecular formula is C11H12O5S. The molecular weight excluding hydrogens is 244 g/mol. The molecule has 5 nitrogen and oxygen atoms in total. The van der Waals surface area contributed by atoms with Crippen LogP contribution in [0.25, 0.3) is 0 Å². The summed E-state index contributed by atoms with van der Waals surface area (Å²) in [5.41, 5.74) is 0.